The van der Waals surface area contributed by atoms with E-state index in [1.54, 1.807) is 7.11 Å². The number of hydrogen-bond donors (Lipinski definition) is 1. The van der Waals surface area contributed by atoms with Gasteiger partial charge in [-0.1, -0.05) is 24.3 Å². The number of nitrogens with two attached hydrogens (primary N) is 1. The third kappa shape index (κ3) is 1.83. The summed E-state index contributed by atoms with van der Waals surface area (Å²) in [5, 5.41) is 0. The van der Waals surface area contributed by atoms with Crippen molar-refractivity contribution in [3.05, 3.63) is 64.2 Å². The van der Waals surface area contributed by atoms with Crippen molar-refractivity contribution in [1.82, 2.24) is 0 Å². The second kappa shape index (κ2) is 4.64. The van der Waals surface area contributed by atoms with Crippen LogP contribution in [0.2, 0.25) is 0 Å². The Morgan fingerprint density at radius 2 is 1.80 bits per heavy atom. The smallest absolute Gasteiger partial charge is 0.122 e. The van der Waals surface area contributed by atoms with Crippen molar-refractivity contribution in [2.45, 2.75) is 32.2 Å². The Morgan fingerprint density at radius 1 is 1.05 bits per heavy atom. The molecule has 0 saturated heterocycles. The zero-order valence-corrected chi connectivity index (χ0v) is 12.4. The minimum absolute atomic E-state index is 0.363. The maximum absolute atomic E-state index is 6.81. The van der Waals surface area contributed by atoms with Gasteiger partial charge >= 0.3 is 0 Å². The maximum atomic E-state index is 6.81. The molecule has 2 aromatic rings. The van der Waals surface area contributed by atoms with Crippen LogP contribution in [0.5, 0.6) is 5.75 Å². The fraction of sp³-hybridized carbons (Fsp3) is 0.333. The summed E-state index contributed by atoms with van der Waals surface area (Å²) in [6.45, 7) is 4.19. The third-order valence-corrected chi connectivity index (χ3v) is 4.51. The quantitative estimate of drug-likeness (QED) is 0.904. The number of hydrogen-bond acceptors (Lipinski definition) is 2. The van der Waals surface area contributed by atoms with Crippen molar-refractivity contribution in [2.24, 2.45) is 5.73 Å². The molecule has 0 saturated carbocycles. The van der Waals surface area contributed by atoms with E-state index in [0.717, 1.165) is 24.2 Å². The van der Waals surface area contributed by atoms with Gasteiger partial charge in [0.25, 0.3) is 0 Å². The average molecular weight is 267 g/mol. The van der Waals surface area contributed by atoms with E-state index < -0.39 is 0 Å². The molecule has 104 valence electrons. The van der Waals surface area contributed by atoms with Crippen LogP contribution in [0.1, 0.15) is 34.2 Å². The van der Waals surface area contributed by atoms with Gasteiger partial charge in [-0.15, -0.1) is 0 Å². The van der Waals surface area contributed by atoms with Gasteiger partial charge in [-0.25, -0.2) is 0 Å². The van der Waals surface area contributed by atoms with E-state index in [9.17, 15) is 0 Å². The zero-order valence-electron chi connectivity index (χ0n) is 12.4. The van der Waals surface area contributed by atoms with Gasteiger partial charge in [0.15, 0.2) is 0 Å². The minimum Gasteiger partial charge on any atom is -0.496 e. The summed E-state index contributed by atoms with van der Waals surface area (Å²) in [7, 11) is 1.71. The first-order valence-electron chi connectivity index (χ1n) is 7.09. The summed E-state index contributed by atoms with van der Waals surface area (Å²) in [5.74, 6) is 0.932. The van der Waals surface area contributed by atoms with Crippen molar-refractivity contribution >= 4 is 0 Å². The van der Waals surface area contributed by atoms with Crippen LogP contribution in [0.15, 0.2) is 36.4 Å². The Bertz CT molecular complexity index is 662. The van der Waals surface area contributed by atoms with Crippen LogP contribution in [-0.2, 0) is 12.0 Å². The van der Waals surface area contributed by atoms with Crippen molar-refractivity contribution in [3.63, 3.8) is 0 Å². The molecule has 1 atom stereocenters. The van der Waals surface area contributed by atoms with Crippen LogP contribution < -0.4 is 10.5 Å². The fourth-order valence-electron chi connectivity index (χ4n) is 3.41. The van der Waals surface area contributed by atoms with Gasteiger partial charge in [0.05, 0.1) is 12.6 Å². The molecule has 0 radical (unpaired) electrons. The molecule has 1 unspecified atom stereocenters. The lowest BCUT2D eigenvalue weighted by Gasteiger charge is -2.29. The molecule has 0 aromatic heterocycles. The van der Waals surface area contributed by atoms with E-state index >= 15 is 0 Å². The molecule has 20 heavy (non-hydrogen) atoms. The first-order valence-corrected chi connectivity index (χ1v) is 7.09. The predicted molar refractivity (Wildman–Crippen MR) is 82.2 cm³/mol. The highest BCUT2D eigenvalue weighted by Gasteiger charge is 2.37. The monoisotopic (exact) mass is 267 g/mol. The predicted octanol–water partition coefficient (Wildman–Crippen LogP) is 3.46. The highest BCUT2D eigenvalue weighted by molar-refractivity contribution is 5.52. The molecule has 0 bridgehead atoms. The Hall–Kier alpha value is -1.80. The molecule has 0 amide bonds. The second-order valence-corrected chi connectivity index (χ2v) is 5.77. The first-order chi connectivity index (χ1) is 9.56. The average Bonchev–Trinajstić information content (AvgIpc) is 2.80. The highest BCUT2D eigenvalue weighted by Crippen LogP contribution is 2.42. The number of aryl methyl sites for hydroxylation is 3. The van der Waals surface area contributed by atoms with Gasteiger partial charge in [0, 0.05) is 0 Å². The number of rotatable bonds is 2. The Labute approximate surface area is 120 Å². The van der Waals surface area contributed by atoms with Crippen LogP contribution in [-0.4, -0.2) is 7.11 Å². The van der Waals surface area contributed by atoms with Crippen molar-refractivity contribution in [1.29, 1.82) is 0 Å². The van der Waals surface area contributed by atoms with Gasteiger partial charge in [0.2, 0.25) is 0 Å². The second-order valence-electron chi connectivity index (χ2n) is 5.77. The van der Waals surface area contributed by atoms with Crippen LogP contribution in [0.25, 0.3) is 0 Å². The van der Waals surface area contributed by atoms with Crippen LogP contribution in [0, 0.1) is 13.8 Å². The lowest BCUT2D eigenvalue weighted by Crippen LogP contribution is -2.36. The van der Waals surface area contributed by atoms with Crippen LogP contribution >= 0.6 is 0 Å². The number of benzene rings is 2. The van der Waals surface area contributed by atoms with Crippen LogP contribution in [0.4, 0.5) is 0 Å². The molecule has 2 N–H and O–H groups in total. The molecule has 2 aromatic carbocycles. The molecular weight excluding hydrogens is 246 g/mol. The summed E-state index contributed by atoms with van der Waals surface area (Å²) in [4.78, 5) is 0. The maximum Gasteiger partial charge on any atom is 0.122 e. The first kappa shape index (κ1) is 13.2. The summed E-state index contributed by atoms with van der Waals surface area (Å²) < 4.78 is 5.41. The normalized spacial score (nSPS) is 20.8. The largest absolute Gasteiger partial charge is 0.496 e. The van der Waals surface area contributed by atoms with E-state index in [0.29, 0.717) is 0 Å². The van der Waals surface area contributed by atoms with E-state index in [-0.39, 0.29) is 5.54 Å². The zero-order chi connectivity index (χ0) is 14.3. The number of ether oxygens (including phenoxy) is 1. The van der Waals surface area contributed by atoms with Gasteiger partial charge in [-0.2, -0.15) is 0 Å². The molecule has 2 nitrogen and oxygen atoms in total. The lowest BCUT2D eigenvalue weighted by molar-refractivity contribution is 0.410. The van der Waals surface area contributed by atoms with Gasteiger partial charge < -0.3 is 10.5 Å². The third-order valence-electron chi connectivity index (χ3n) is 4.51. The van der Waals surface area contributed by atoms with E-state index in [1.807, 2.05) is 0 Å². The molecule has 1 aliphatic rings. The van der Waals surface area contributed by atoms with Crippen molar-refractivity contribution in [3.8, 4) is 5.75 Å². The van der Waals surface area contributed by atoms with Crippen molar-refractivity contribution < 1.29 is 4.74 Å². The molecule has 1 aliphatic carbocycles. The van der Waals surface area contributed by atoms with Crippen LogP contribution in [0.3, 0.4) is 0 Å². The summed E-state index contributed by atoms with van der Waals surface area (Å²) >= 11 is 0. The van der Waals surface area contributed by atoms with Gasteiger partial charge in [-0.3, -0.25) is 0 Å². The molecule has 0 fully saturated rings. The van der Waals surface area contributed by atoms with Gasteiger partial charge in [0.1, 0.15) is 5.75 Å². The molecule has 0 spiro atoms. The number of methoxy groups -OCH3 is 1. The molecule has 3 rings (SSSR count). The standard InChI is InChI=1S/C18H21NO/c1-12-11-17(20-3)13(2)10-16(12)18(19)9-8-14-6-4-5-7-15(14)18/h4-7,10-11H,8-9,19H2,1-3H3. The molecule has 0 aliphatic heterocycles. The SMILES string of the molecule is COc1cc(C)c(C2(N)CCc3ccccc32)cc1C. The number of fused-ring (bicyclic) bond motifs is 1. The van der Waals surface area contributed by atoms with E-state index in [1.165, 1.54) is 22.3 Å². The molecular formula is C18H21NO. The Kier molecular flexibility index (Phi) is 3.06. The van der Waals surface area contributed by atoms with Crippen molar-refractivity contribution in [2.75, 3.05) is 7.11 Å². The Balaban J connectivity index is 2.17. The molecule has 2 heteroatoms. The molecule has 0 heterocycles. The lowest BCUT2D eigenvalue weighted by atomic mass is 9.82. The van der Waals surface area contributed by atoms with E-state index in [2.05, 4.69) is 50.2 Å². The van der Waals surface area contributed by atoms with Gasteiger partial charge in [-0.05, 0) is 66.6 Å². The fourth-order valence-corrected chi connectivity index (χ4v) is 3.41. The summed E-state index contributed by atoms with van der Waals surface area (Å²) in [6, 6.07) is 12.8. The topological polar surface area (TPSA) is 35.2 Å². The summed E-state index contributed by atoms with van der Waals surface area (Å²) in [5.41, 5.74) is 12.7. The highest BCUT2D eigenvalue weighted by atomic mass is 16.5. The minimum atomic E-state index is -0.363. The Morgan fingerprint density at radius 3 is 2.55 bits per heavy atom. The summed E-state index contributed by atoms with van der Waals surface area (Å²) in [6.07, 6.45) is 2.02. The van der Waals surface area contributed by atoms with E-state index in [4.69, 9.17) is 10.5 Å².